The fourth-order valence-corrected chi connectivity index (χ4v) is 1.53. The summed E-state index contributed by atoms with van der Waals surface area (Å²) in [4.78, 5) is 0. The fraction of sp³-hybridized carbons (Fsp3) is 1.00. The summed E-state index contributed by atoms with van der Waals surface area (Å²) in [6, 6.07) is 0. The van der Waals surface area contributed by atoms with Crippen molar-refractivity contribution < 1.29 is 13.9 Å². The second kappa shape index (κ2) is 2.66. The van der Waals surface area contributed by atoms with Crippen LogP contribution in [0.15, 0.2) is 0 Å². The van der Waals surface area contributed by atoms with Crippen LogP contribution in [0.3, 0.4) is 0 Å². The number of alkyl halides is 2. The smallest absolute Gasteiger partial charge is 0.248 e. The van der Waals surface area contributed by atoms with Crippen LogP contribution in [0.1, 0.15) is 33.6 Å². The van der Waals surface area contributed by atoms with E-state index >= 15 is 0 Å². The molecule has 1 nitrogen and oxygen atoms in total. The Labute approximate surface area is 71.8 Å². The Morgan fingerprint density at radius 3 is 2.08 bits per heavy atom. The minimum atomic E-state index is -2.48. The van der Waals surface area contributed by atoms with Crippen LogP contribution in [0, 0.1) is 11.3 Å². The number of aliphatic hydroxyl groups is 1. The molecule has 1 aliphatic carbocycles. The zero-order valence-electron chi connectivity index (χ0n) is 7.77. The first-order valence-electron chi connectivity index (χ1n) is 4.31. The molecule has 1 rings (SSSR count). The van der Waals surface area contributed by atoms with Gasteiger partial charge in [0, 0.05) is 12.8 Å². The van der Waals surface area contributed by atoms with Crippen LogP contribution in [0.5, 0.6) is 0 Å². The SMILES string of the molecule is CC(O)C(C)(C)C1CC(F)(F)C1. The van der Waals surface area contributed by atoms with E-state index in [2.05, 4.69) is 0 Å². The highest BCUT2D eigenvalue weighted by Crippen LogP contribution is 2.51. The summed E-state index contributed by atoms with van der Waals surface area (Å²) in [6.45, 7) is 5.35. The molecule has 1 aliphatic rings. The summed E-state index contributed by atoms with van der Waals surface area (Å²) >= 11 is 0. The molecular weight excluding hydrogens is 162 g/mol. The molecule has 1 fully saturated rings. The summed E-state index contributed by atoms with van der Waals surface area (Å²) in [5.74, 6) is -2.51. The first-order chi connectivity index (χ1) is 5.26. The topological polar surface area (TPSA) is 20.2 Å². The lowest BCUT2D eigenvalue weighted by Crippen LogP contribution is -2.47. The van der Waals surface area contributed by atoms with E-state index in [1.54, 1.807) is 6.92 Å². The van der Waals surface area contributed by atoms with E-state index in [0.29, 0.717) is 0 Å². The molecule has 1 saturated carbocycles. The molecule has 12 heavy (non-hydrogen) atoms. The monoisotopic (exact) mass is 178 g/mol. The van der Waals surface area contributed by atoms with Gasteiger partial charge in [-0.2, -0.15) is 0 Å². The standard InChI is InChI=1S/C9H16F2O/c1-6(12)8(2,3)7-4-9(10,11)5-7/h6-7,12H,4-5H2,1-3H3. The largest absolute Gasteiger partial charge is 0.393 e. The normalized spacial score (nSPS) is 26.5. The van der Waals surface area contributed by atoms with Gasteiger partial charge in [0.1, 0.15) is 0 Å². The maximum atomic E-state index is 12.5. The molecule has 0 aromatic heterocycles. The summed E-state index contributed by atoms with van der Waals surface area (Å²) < 4.78 is 25.0. The van der Waals surface area contributed by atoms with Gasteiger partial charge in [-0.15, -0.1) is 0 Å². The highest BCUT2D eigenvalue weighted by Gasteiger charge is 2.52. The number of hydrogen-bond donors (Lipinski definition) is 1. The van der Waals surface area contributed by atoms with Crippen molar-refractivity contribution >= 4 is 0 Å². The van der Waals surface area contributed by atoms with Crippen molar-refractivity contribution in [3.63, 3.8) is 0 Å². The summed E-state index contributed by atoms with van der Waals surface area (Å²) in [5.41, 5.74) is -0.373. The zero-order valence-corrected chi connectivity index (χ0v) is 7.77. The molecule has 0 aliphatic heterocycles. The van der Waals surface area contributed by atoms with Gasteiger partial charge in [-0.05, 0) is 18.3 Å². The number of halogens is 2. The van der Waals surface area contributed by atoms with Gasteiger partial charge in [0.15, 0.2) is 0 Å². The van der Waals surface area contributed by atoms with Crippen LogP contribution in [-0.4, -0.2) is 17.1 Å². The second-order valence-corrected chi connectivity index (χ2v) is 4.46. The third-order valence-corrected chi connectivity index (χ3v) is 3.22. The van der Waals surface area contributed by atoms with E-state index in [1.165, 1.54) is 0 Å². The lowest BCUT2D eigenvalue weighted by atomic mass is 9.63. The van der Waals surface area contributed by atoms with Gasteiger partial charge in [-0.3, -0.25) is 0 Å². The molecule has 0 aromatic rings. The number of rotatable bonds is 2. The van der Waals surface area contributed by atoms with Gasteiger partial charge < -0.3 is 5.11 Å². The Bertz CT molecular complexity index is 167. The Balaban J connectivity index is 2.52. The molecular formula is C9H16F2O. The van der Waals surface area contributed by atoms with Gasteiger partial charge in [0.25, 0.3) is 0 Å². The maximum absolute atomic E-state index is 12.5. The van der Waals surface area contributed by atoms with Crippen molar-refractivity contribution in [2.45, 2.75) is 45.6 Å². The Kier molecular flexibility index (Phi) is 2.19. The minimum Gasteiger partial charge on any atom is -0.393 e. The van der Waals surface area contributed by atoms with Crippen molar-refractivity contribution in [2.24, 2.45) is 11.3 Å². The summed E-state index contributed by atoms with van der Waals surface area (Å²) in [7, 11) is 0. The van der Waals surface area contributed by atoms with Crippen molar-refractivity contribution in [3.8, 4) is 0 Å². The minimum absolute atomic E-state index is 0.0347. The molecule has 0 spiro atoms. The predicted octanol–water partition coefficient (Wildman–Crippen LogP) is 2.44. The van der Waals surface area contributed by atoms with Gasteiger partial charge in [0.2, 0.25) is 5.92 Å². The highest BCUT2D eigenvalue weighted by atomic mass is 19.3. The van der Waals surface area contributed by atoms with Crippen molar-refractivity contribution in [1.82, 2.24) is 0 Å². The fourth-order valence-electron chi connectivity index (χ4n) is 1.53. The summed E-state index contributed by atoms with van der Waals surface area (Å²) in [6.07, 6.45) is -0.644. The summed E-state index contributed by atoms with van der Waals surface area (Å²) in [5, 5.41) is 9.34. The Morgan fingerprint density at radius 2 is 1.83 bits per heavy atom. The first-order valence-corrected chi connectivity index (χ1v) is 4.31. The van der Waals surface area contributed by atoms with Crippen LogP contribution >= 0.6 is 0 Å². The first kappa shape index (κ1) is 9.90. The molecule has 1 unspecified atom stereocenters. The molecule has 0 saturated heterocycles. The van der Waals surface area contributed by atoms with E-state index in [9.17, 15) is 13.9 Å². The van der Waals surface area contributed by atoms with Gasteiger partial charge in [0.05, 0.1) is 6.10 Å². The molecule has 72 valence electrons. The van der Waals surface area contributed by atoms with Crippen molar-refractivity contribution in [2.75, 3.05) is 0 Å². The predicted molar refractivity (Wildman–Crippen MR) is 43.1 cm³/mol. The van der Waals surface area contributed by atoms with Gasteiger partial charge in [-0.1, -0.05) is 13.8 Å². The Hall–Kier alpha value is -0.180. The van der Waals surface area contributed by atoms with Gasteiger partial charge in [-0.25, -0.2) is 8.78 Å². The highest BCUT2D eigenvalue weighted by molar-refractivity contribution is 4.96. The second-order valence-electron chi connectivity index (χ2n) is 4.46. The maximum Gasteiger partial charge on any atom is 0.248 e. The molecule has 0 amide bonds. The van der Waals surface area contributed by atoms with Crippen molar-refractivity contribution in [1.29, 1.82) is 0 Å². The van der Waals surface area contributed by atoms with E-state index in [0.717, 1.165) is 0 Å². The molecule has 1 N–H and O–H groups in total. The third-order valence-electron chi connectivity index (χ3n) is 3.22. The van der Waals surface area contributed by atoms with Crippen LogP contribution < -0.4 is 0 Å². The van der Waals surface area contributed by atoms with Crippen molar-refractivity contribution in [3.05, 3.63) is 0 Å². The average Bonchev–Trinajstić information content (AvgIpc) is 1.82. The molecule has 0 bridgehead atoms. The molecule has 1 atom stereocenters. The lowest BCUT2D eigenvalue weighted by Gasteiger charge is -2.46. The zero-order chi connectivity index (χ0) is 9.57. The van der Waals surface area contributed by atoms with Crippen LogP contribution in [0.2, 0.25) is 0 Å². The molecule has 3 heteroatoms. The Morgan fingerprint density at radius 1 is 1.42 bits per heavy atom. The molecule has 0 aromatic carbocycles. The number of hydrogen-bond acceptors (Lipinski definition) is 1. The number of aliphatic hydroxyl groups excluding tert-OH is 1. The van der Waals surface area contributed by atoms with Gasteiger partial charge >= 0.3 is 0 Å². The molecule has 0 heterocycles. The lowest BCUT2D eigenvalue weighted by molar-refractivity contribution is -0.160. The average molecular weight is 178 g/mol. The van der Waals surface area contributed by atoms with Crippen LogP contribution in [0.25, 0.3) is 0 Å². The van der Waals surface area contributed by atoms with E-state index in [1.807, 2.05) is 13.8 Å². The van der Waals surface area contributed by atoms with Crippen LogP contribution in [-0.2, 0) is 0 Å². The van der Waals surface area contributed by atoms with Crippen LogP contribution in [0.4, 0.5) is 8.78 Å². The van der Waals surface area contributed by atoms with E-state index < -0.39 is 12.0 Å². The third kappa shape index (κ3) is 1.60. The molecule has 0 radical (unpaired) electrons. The van der Waals surface area contributed by atoms with E-state index in [4.69, 9.17) is 0 Å². The quantitative estimate of drug-likeness (QED) is 0.688. The van der Waals surface area contributed by atoms with E-state index in [-0.39, 0.29) is 24.2 Å².